The Morgan fingerprint density at radius 1 is 1.05 bits per heavy atom. The van der Waals surface area contributed by atoms with E-state index in [0.29, 0.717) is 11.1 Å². The van der Waals surface area contributed by atoms with E-state index in [1.54, 1.807) is 0 Å². The number of H-pyrrole nitrogens is 1. The van der Waals surface area contributed by atoms with E-state index in [1.807, 2.05) is 39.1 Å². The molecule has 0 saturated carbocycles. The number of anilines is 1. The van der Waals surface area contributed by atoms with Gasteiger partial charge in [-0.25, -0.2) is 4.98 Å². The molecule has 0 bridgehead atoms. The van der Waals surface area contributed by atoms with Crippen molar-refractivity contribution in [1.29, 1.82) is 0 Å². The second-order valence-electron chi connectivity index (χ2n) is 10.2. The fourth-order valence-electron chi connectivity index (χ4n) is 5.41. The van der Waals surface area contributed by atoms with Crippen LogP contribution in [0.15, 0.2) is 47.5 Å². The molecule has 3 N–H and O–H groups in total. The first-order chi connectivity index (χ1) is 18.4. The molecule has 4 aromatic rings. The monoisotopic (exact) mass is 512 g/mol. The van der Waals surface area contributed by atoms with E-state index in [9.17, 15) is 9.59 Å². The molecule has 1 aliphatic heterocycles. The molecule has 0 spiro atoms. The van der Waals surface area contributed by atoms with Crippen LogP contribution in [0.1, 0.15) is 46.1 Å². The molecule has 198 valence electrons. The molecule has 0 aliphatic carbocycles. The Balaban J connectivity index is 1.52. The van der Waals surface area contributed by atoms with Gasteiger partial charge in [-0.3, -0.25) is 9.59 Å². The highest BCUT2D eigenvalue weighted by atomic mass is 16.1. The van der Waals surface area contributed by atoms with Crippen LogP contribution >= 0.6 is 0 Å². The molecule has 3 aromatic heterocycles. The van der Waals surface area contributed by atoms with Gasteiger partial charge in [-0.05, 0) is 74.2 Å². The summed E-state index contributed by atoms with van der Waals surface area (Å²) in [6, 6.07) is 10.2. The number of hydrogen-bond donors (Lipinski definition) is 3. The standard InChI is InChI=1S/C30H36N6O2/c1-5-10-36-18-20(3)28-24(29(37)33-17-25-19(2)13-21(4)34-30(25)38)14-23(15-26(28)36)22-6-7-27(32-16-22)35-11-8-31-9-12-35/h6-7,13-16,18,31H,5,8-12,17H2,1-4H3,(H,33,37)(H,34,38). The number of piperazine rings is 1. The summed E-state index contributed by atoms with van der Waals surface area (Å²) >= 11 is 0. The van der Waals surface area contributed by atoms with Crippen LogP contribution in [0.25, 0.3) is 22.0 Å². The summed E-state index contributed by atoms with van der Waals surface area (Å²) in [6.07, 6.45) is 5.01. The molecule has 8 heteroatoms. The Morgan fingerprint density at radius 3 is 2.53 bits per heavy atom. The molecule has 38 heavy (non-hydrogen) atoms. The molecular weight excluding hydrogens is 476 g/mol. The van der Waals surface area contributed by atoms with Crippen molar-refractivity contribution in [2.24, 2.45) is 0 Å². The number of aromatic amines is 1. The Bertz CT molecular complexity index is 1530. The van der Waals surface area contributed by atoms with Gasteiger partial charge in [-0.1, -0.05) is 6.92 Å². The summed E-state index contributed by atoms with van der Waals surface area (Å²) in [7, 11) is 0. The predicted octanol–water partition coefficient (Wildman–Crippen LogP) is 4.07. The zero-order valence-electron chi connectivity index (χ0n) is 22.6. The number of hydrogen-bond acceptors (Lipinski definition) is 5. The lowest BCUT2D eigenvalue weighted by atomic mass is 9.98. The SMILES string of the molecule is CCCn1cc(C)c2c(C(=O)NCc3c(C)cc(C)[nH]c3=O)cc(-c3ccc(N4CCNCC4)nc3)cc21. The summed E-state index contributed by atoms with van der Waals surface area (Å²) in [5.41, 5.74) is 6.69. The van der Waals surface area contributed by atoms with Crippen LogP contribution in [-0.4, -0.2) is 46.6 Å². The van der Waals surface area contributed by atoms with Crippen LogP contribution in [-0.2, 0) is 13.1 Å². The van der Waals surface area contributed by atoms with E-state index in [1.165, 1.54) is 0 Å². The number of aromatic nitrogens is 3. The van der Waals surface area contributed by atoms with Crippen LogP contribution in [0.5, 0.6) is 0 Å². The predicted molar refractivity (Wildman–Crippen MR) is 153 cm³/mol. The summed E-state index contributed by atoms with van der Waals surface area (Å²) in [5, 5.41) is 7.33. The quantitative estimate of drug-likeness (QED) is 0.347. The number of pyridine rings is 2. The summed E-state index contributed by atoms with van der Waals surface area (Å²) in [4.78, 5) is 36.0. The van der Waals surface area contributed by atoms with E-state index in [-0.39, 0.29) is 18.0 Å². The first kappa shape index (κ1) is 25.7. The molecule has 1 aromatic carbocycles. The molecule has 1 amide bonds. The molecule has 1 saturated heterocycles. The van der Waals surface area contributed by atoms with Crippen LogP contribution in [0.3, 0.4) is 0 Å². The minimum absolute atomic E-state index is 0.164. The molecule has 0 atom stereocenters. The summed E-state index contributed by atoms with van der Waals surface area (Å²) in [6.45, 7) is 12.8. The largest absolute Gasteiger partial charge is 0.354 e. The van der Waals surface area contributed by atoms with Crippen molar-refractivity contribution in [3.8, 4) is 11.1 Å². The molecule has 1 fully saturated rings. The van der Waals surface area contributed by atoms with Crippen LogP contribution in [0, 0.1) is 20.8 Å². The topological polar surface area (TPSA) is 95.0 Å². The van der Waals surface area contributed by atoms with Crippen LogP contribution in [0.2, 0.25) is 0 Å². The van der Waals surface area contributed by atoms with E-state index < -0.39 is 0 Å². The maximum atomic E-state index is 13.6. The molecule has 4 heterocycles. The second-order valence-corrected chi connectivity index (χ2v) is 10.2. The van der Waals surface area contributed by atoms with Gasteiger partial charge in [-0.15, -0.1) is 0 Å². The van der Waals surface area contributed by atoms with Crippen LogP contribution < -0.4 is 21.1 Å². The number of nitrogens with zero attached hydrogens (tertiary/aromatic N) is 3. The Hall–Kier alpha value is -3.91. The number of rotatable bonds is 7. The lowest BCUT2D eigenvalue weighted by Gasteiger charge is -2.28. The van der Waals surface area contributed by atoms with Crippen molar-refractivity contribution in [3.05, 3.63) is 81.0 Å². The van der Waals surface area contributed by atoms with Gasteiger partial charge in [0.1, 0.15) is 5.82 Å². The molecule has 5 rings (SSSR count). The zero-order valence-corrected chi connectivity index (χ0v) is 22.6. The van der Waals surface area contributed by atoms with Crippen molar-refractivity contribution in [3.63, 3.8) is 0 Å². The molecule has 8 nitrogen and oxygen atoms in total. The number of carbonyl (C=O) groups excluding carboxylic acids is 1. The highest BCUT2D eigenvalue weighted by molar-refractivity contribution is 6.09. The Labute approximate surface area is 223 Å². The van der Waals surface area contributed by atoms with E-state index in [4.69, 9.17) is 4.98 Å². The minimum atomic E-state index is -0.195. The third-order valence-corrected chi connectivity index (χ3v) is 7.32. The van der Waals surface area contributed by atoms with E-state index in [0.717, 1.165) is 83.8 Å². The third-order valence-electron chi connectivity index (χ3n) is 7.32. The number of carbonyl (C=O) groups is 1. The maximum absolute atomic E-state index is 13.6. The van der Waals surface area contributed by atoms with Crippen molar-refractivity contribution in [2.75, 3.05) is 31.1 Å². The molecule has 0 radical (unpaired) electrons. The Morgan fingerprint density at radius 2 is 1.84 bits per heavy atom. The van der Waals surface area contributed by atoms with Gasteiger partial charge in [0.15, 0.2) is 0 Å². The lowest BCUT2D eigenvalue weighted by Crippen LogP contribution is -2.43. The first-order valence-electron chi connectivity index (χ1n) is 13.4. The fraction of sp³-hybridized carbons (Fsp3) is 0.367. The van der Waals surface area contributed by atoms with Gasteiger partial charge < -0.3 is 25.1 Å². The molecule has 0 unspecified atom stereocenters. The number of benzene rings is 1. The van der Waals surface area contributed by atoms with Crippen molar-refractivity contribution in [2.45, 2.75) is 47.2 Å². The zero-order chi connectivity index (χ0) is 26.8. The van der Waals surface area contributed by atoms with Crippen molar-refractivity contribution in [1.82, 2.24) is 25.2 Å². The third kappa shape index (κ3) is 5.09. The lowest BCUT2D eigenvalue weighted by molar-refractivity contribution is 0.0952. The average molecular weight is 513 g/mol. The van der Waals surface area contributed by atoms with E-state index >= 15 is 0 Å². The first-order valence-corrected chi connectivity index (χ1v) is 13.4. The van der Waals surface area contributed by atoms with Crippen molar-refractivity contribution < 1.29 is 4.79 Å². The van der Waals surface area contributed by atoms with Gasteiger partial charge in [0.25, 0.3) is 11.5 Å². The second kappa shape index (κ2) is 10.8. The van der Waals surface area contributed by atoms with Gasteiger partial charge in [0.05, 0.1) is 0 Å². The van der Waals surface area contributed by atoms with Gasteiger partial charge >= 0.3 is 0 Å². The Kier molecular flexibility index (Phi) is 7.33. The normalized spacial score (nSPS) is 13.7. The van der Waals surface area contributed by atoms with Crippen LogP contribution in [0.4, 0.5) is 5.82 Å². The van der Waals surface area contributed by atoms with Gasteiger partial charge in [0, 0.05) is 84.9 Å². The molecular formula is C30H36N6O2. The van der Waals surface area contributed by atoms with Crippen molar-refractivity contribution >= 4 is 22.6 Å². The summed E-state index contributed by atoms with van der Waals surface area (Å²) < 4.78 is 2.22. The number of nitrogens with one attached hydrogen (secondary N) is 3. The van der Waals surface area contributed by atoms with Gasteiger partial charge in [0.2, 0.25) is 0 Å². The highest BCUT2D eigenvalue weighted by Gasteiger charge is 2.19. The van der Waals surface area contributed by atoms with Gasteiger partial charge in [-0.2, -0.15) is 0 Å². The molecule has 1 aliphatic rings. The average Bonchev–Trinajstić information content (AvgIpc) is 3.23. The highest BCUT2D eigenvalue weighted by Crippen LogP contribution is 2.32. The summed E-state index contributed by atoms with van der Waals surface area (Å²) in [5.74, 6) is 0.775. The van der Waals surface area contributed by atoms with E-state index in [2.05, 4.69) is 56.4 Å². The smallest absolute Gasteiger partial charge is 0.253 e. The maximum Gasteiger partial charge on any atom is 0.253 e. The minimum Gasteiger partial charge on any atom is -0.354 e. The number of fused-ring (bicyclic) bond motifs is 1. The number of aryl methyl sites for hydroxylation is 4. The number of amides is 1. The fourth-order valence-corrected chi connectivity index (χ4v) is 5.41.